The molecule has 1 rings (SSSR count). The van der Waals surface area contributed by atoms with Gasteiger partial charge >= 0.3 is 0 Å². The van der Waals surface area contributed by atoms with Crippen molar-refractivity contribution in [2.45, 2.75) is 32.9 Å². The van der Waals surface area contributed by atoms with Crippen molar-refractivity contribution in [2.75, 3.05) is 11.6 Å². The summed E-state index contributed by atoms with van der Waals surface area (Å²) in [5.41, 5.74) is 0. The average Bonchev–Trinajstić information content (AvgIpc) is 2.10. The Morgan fingerprint density at radius 3 is 2.40 bits per heavy atom. The van der Waals surface area contributed by atoms with Gasteiger partial charge in [0.1, 0.15) is 0 Å². The van der Waals surface area contributed by atoms with Crippen molar-refractivity contribution >= 4 is 10.8 Å². The predicted octanol–water partition coefficient (Wildman–Crippen LogP) is 0.805. The maximum Gasteiger partial charge on any atom is 0.0753 e. The lowest BCUT2D eigenvalue weighted by molar-refractivity contribution is 0.227. The molecule has 1 aliphatic heterocycles. The minimum atomic E-state index is -0.578. The molecular weight excluding hydrogens is 146 g/mol. The van der Waals surface area contributed by atoms with Crippen LogP contribution in [0.2, 0.25) is 0 Å². The standard InChI is InChI=1S/C7H15NOS/c1-6(2)8-5-10(9)4-7(8)3/h6-7H,4-5H2,1-3H3. The second-order valence-electron chi connectivity index (χ2n) is 3.19. The van der Waals surface area contributed by atoms with Gasteiger partial charge in [0, 0.05) is 28.6 Å². The molecular formula is C7H15NOS. The van der Waals surface area contributed by atoms with Crippen LogP contribution in [0.3, 0.4) is 0 Å². The molecule has 0 N–H and O–H groups in total. The van der Waals surface area contributed by atoms with E-state index in [2.05, 4.69) is 25.7 Å². The Hall–Kier alpha value is 0.110. The summed E-state index contributed by atoms with van der Waals surface area (Å²) in [5.74, 6) is 1.64. The highest BCUT2D eigenvalue weighted by atomic mass is 32.2. The molecule has 2 atom stereocenters. The molecule has 0 aromatic carbocycles. The summed E-state index contributed by atoms with van der Waals surface area (Å²) in [5, 5.41) is 0. The Morgan fingerprint density at radius 2 is 2.20 bits per heavy atom. The normalized spacial score (nSPS) is 35.6. The van der Waals surface area contributed by atoms with Crippen molar-refractivity contribution in [1.29, 1.82) is 0 Å². The lowest BCUT2D eigenvalue weighted by Gasteiger charge is -2.23. The molecule has 1 heterocycles. The van der Waals surface area contributed by atoms with Crippen molar-refractivity contribution in [3.63, 3.8) is 0 Å². The molecule has 0 aromatic rings. The van der Waals surface area contributed by atoms with Gasteiger partial charge in [-0.15, -0.1) is 0 Å². The fourth-order valence-corrected chi connectivity index (χ4v) is 3.09. The Morgan fingerprint density at radius 1 is 1.60 bits per heavy atom. The van der Waals surface area contributed by atoms with Gasteiger partial charge in [0.2, 0.25) is 0 Å². The first-order valence-electron chi connectivity index (χ1n) is 3.72. The second kappa shape index (κ2) is 3.01. The summed E-state index contributed by atoms with van der Waals surface area (Å²) < 4.78 is 11.0. The summed E-state index contributed by atoms with van der Waals surface area (Å²) in [6, 6.07) is 1.06. The smallest absolute Gasteiger partial charge is 0.0753 e. The van der Waals surface area contributed by atoms with Gasteiger partial charge in [0.25, 0.3) is 0 Å². The molecule has 0 amide bonds. The number of rotatable bonds is 1. The fourth-order valence-electron chi connectivity index (χ4n) is 1.37. The first-order chi connectivity index (χ1) is 4.61. The van der Waals surface area contributed by atoms with Crippen LogP contribution in [0.25, 0.3) is 0 Å². The van der Waals surface area contributed by atoms with Crippen molar-refractivity contribution in [1.82, 2.24) is 4.90 Å². The molecule has 0 aliphatic carbocycles. The molecule has 2 nitrogen and oxygen atoms in total. The van der Waals surface area contributed by atoms with E-state index in [0.29, 0.717) is 12.1 Å². The quantitative estimate of drug-likeness (QED) is 0.567. The third kappa shape index (κ3) is 1.58. The summed E-state index contributed by atoms with van der Waals surface area (Å²) in [6.07, 6.45) is 0. The van der Waals surface area contributed by atoms with Gasteiger partial charge in [0.15, 0.2) is 0 Å². The summed E-state index contributed by atoms with van der Waals surface area (Å²) in [6.45, 7) is 6.45. The molecule has 0 aromatic heterocycles. The van der Waals surface area contributed by atoms with E-state index >= 15 is 0 Å². The average molecular weight is 161 g/mol. The van der Waals surface area contributed by atoms with E-state index in [9.17, 15) is 4.21 Å². The molecule has 0 radical (unpaired) electrons. The van der Waals surface area contributed by atoms with Crippen LogP contribution in [0.5, 0.6) is 0 Å². The van der Waals surface area contributed by atoms with Crippen LogP contribution in [0.4, 0.5) is 0 Å². The molecule has 60 valence electrons. The van der Waals surface area contributed by atoms with Gasteiger partial charge in [-0.05, 0) is 20.8 Å². The highest BCUT2D eigenvalue weighted by Crippen LogP contribution is 2.14. The first-order valence-corrected chi connectivity index (χ1v) is 5.20. The molecule has 1 aliphatic rings. The number of nitrogens with zero attached hydrogens (tertiary/aromatic N) is 1. The van der Waals surface area contributed by atoms with E-state index in [1.54, 1.807) is 0 Å². The lowest BCUT2D eigenvalue weighted by atomic mass is 10.2. The monoisotopic (exact) mass is 161 g/mol. The third-order valence-electron chi connectivity index (χ3n) is 1.95. The molecule has 2 unspecified atom stereocenters. The largest absolute Gasteiger partial charge is 0.286 e. The molecule has 1 saturated heterocycles. The van der Waals surface area contributed by atoms with E-state index in [0.717, 1.165) is 11.6 Å². The predicted molar refractivity (Wildman–Crippen MR) is 44.3 cm³/mol. The Bertz CT molecular complexity index is 147. The maximum absolute atomic E-state index is 11.0. The highest BCUT2D eigenvalue weighted by Gasteiger charge is 2.27. The van der Waals surface area contributed by atoms with E-state index in [-0.39, 0.29) is 0 Å². The third-order valence-corrected chi connectivity index (χ3v) is 3.39. The molecule has 0 spiro atoms. The van der Waals surface area contributed by atoms with Crippen LogP contribution < -0.4 is 0 Å². The van der Waals surface area contributed by atoms with E-state index < -0.39 is 10.8 Å². The van der Waals surface area contributed by atoms with Crippen LogP contribution in [-0.2, 0) is 10.8 Å². The van der Waals surface area contributed by atoms with Gasteiger partial charge in [-0.3, -0.25) is 9.11 Å². The van der Waals surface area contributed by atoms with Crippen LogP contribution in [-0.4, -0.2) is 32.8 Å². The van der Waals surface area contributed by atoms with Crippen LogP contribution >= 0.6 is 0 Å². The number of hydrogen-bond donors (Lipinski definition) is 0. The van der Waals surface area contributed by atoms with Gasteiger partial charge in [-0.25, -0.2) is 0 Å². The van der Waals surface area contributed by atoms with Crippen LogP contribution in [0, 0.1) is 0 Å². The first kappa shape index (κ1) is 8.21. The Kier molecular flexibility index (Phi) is 2.47. The van der Waals surface area contributed by atoms with Crippen molar-refractivity contribution < 1.29 is 4.21 Å². The van der Waals surface area contributed by atoms with E-state index in [1.165, 1.54) is 0 Å². The highest BCUT2D eigenvalue weighted by molar-refractivity contribution is 7.85. The molecule has 1 fully saturated rings. The molecule has 0 saturated carbocycles. The van der Waals surface area contributed by atoms with Gasteiger partial charge in [-0.1, -0.05) is 0 Å². The van der Waals surface area contributed by atoms with Crippen molar-refractivity contribution in [3.05, 3.63) is 0 Å². The van der Waals surface area contributed by atoms with Crippen LogP contribution in [0.15, 0.2) is 0 Å². The van der Waals surface area contributed by atoms with E-state index in [4.69, 9.17) is 0 Å². The molecule has 10 heavy (non-hydrogen) atoms. The van der Waals surface area contributed by atoms with Gasteiger partial charge < -0.3 is 0 Å². The fraction of sp³-hybridized carbons (Fsp3) is 1.00. The zero-order chi connectivity index (χ0) is 7.72. The van der Waals surface area contributed by atoms with Crippen molar-refractivity contribution in [2.24, 2.45) is 0 Å². The zero-order valence-corrected chi connectivity index (χ0v) is 7.65. The zero-order valence-electron chi connectivity index (χ0n) is 6.83. The SMILES string of the molecule is CC(C)N1CS(=O)CC1C. The topological polar surface area (TPSA) is 20.3 Å². The summed E-state index contributed by atoms with van der Waals surface area (Å²) in [4.78, 5) is 2.29. The minimum Gasteiger partial charge on any atom is -0.286 e. The maximum atomic E-state index is 11.0. The Labute approximate surface area is 65.1 Å². The molecule has 0 bridgehead atoms. The van der Waals surface area contributed by atoms with Gasteiger partial charge in [0.05, 0.1) is 5.88 Å². The summed E-state index contributed by atoms with van der Waals surface area (Å²) in [7, 11) is -0.578. The summed E-state index contributed by atoms with van der Waals surface area (Å²) >= 11 is 0. The Balaban J connectivity index is 2.54. The number of hydrogen-bond acceptors (Lipinski definition) is 2. The van der Waals surface area contributed by atoms with Crippen molar-refractivity contribution in [3.8, 4) is 0 Å². The minimum absolute atomic E-state index is 0.515. The molecule has 3 heteroatoms. The lowest BCUT2D eigenvalue weighted by Crippen LogP contribution is -2.34. The second-order valence-corrected chi connectivity index (χ2v) is 4.66. The van der Waals surface area contributed by atoms with E-state index in [1.807, 2.05) is 0 Å². The van der Waals surface area contributed by atoms with Gasteiger partial charge in [-0.2, -0.15) is 0 Å². The van der Waals surface area contributed by atoms with Crippen LogP contribution in [0.1, 0.15) is 20.8 Å².